The molecule has 0 aliphatic carbocycles. The topological polar surface area (TPSA) is 130 Å². The number of benzene rings is 1. The van der Waals surface area contributed by atoms with Crippen molar-refractivity contribution in [3.8, 4) is 5.75 Å². The van der Waals surface area contributed by atoms with Gasteiger partial charge in [-0.3, -0.25) is 0 Å². The van der Waals surface area contributed by atoms with Crippen molar-refractivity contribution in [2.45, 2.75) is 12.7 Å². The van der Waals surface area contributed by atoms with Crippen molar-refractivity contribution in [3.05, 3.63) is 29.8 Å². The Morgan fingerprint density at radius 2 is 1.22 bits per heavy atom. The highest BCUT2D eigenvalue weighted by atomic mass is 32.2. The molecule has 0 radical (unpaired) electrons. The first kappa shape index (κ1) is 19.8. The van der Waals surface area contributed by atoms with E-state index in [9.17, 15) is 25.3 Å². The minimum absolute atomic E-state index is 0.0564. The van der Waals surface area contributed by atoms with Crippen LogP contribution in [0.2, 0.25) is 0 Å². The molecule has 0 unspecified atom stereocenters. The van der Waals surface area contributed by atoms with Crippen LogP contribution in [-0.2, 0) is 45.1 Å². The van der Waals surface area contributed by atoms with Gasteiger partial charge < -0.3 is 4.18 Å². The Morgan fingerprint density at radius 1 is 0.783 bits per heavy atom. The number of hydrogen-bond donors (Lipinski definition) is 0. The minimum atomic E-state index is -3.94. The number of rotatable bonds is 8. The molecule has 9 nitrogen and oxygen atoms in total. The Kier molecular flexibility index (Phi) is 6.15. The molecular formula is C11H16O9S3. The zero-order valence-corrected chi connectivity index (χ0v) is 14.9. The van der Waals surface area contributed by atoms with Crippen molar-refractivity contribution in [1.29, 1.82) is 0 Å². The van der Waals surface area contributed by atoms with E-state index in [1.165, 1.54) is 24.3 Å². The van der Waals surface area contributed by atoms with E-state index in [1.54, 1.807) is 0 Å². The van der Waals surface area contributed by atoms with Gasteiger partial charge >= 0.3 is 10.1 Å². The Balaban J connectivity index is 2.91. The first-order chi connectivity index (χ1) is 10.2. The molecule has 1 rings (SSSR count). The van der Waals surface area contributed by atoms with Crippen LogP contribution in [0.4, 0.5) is 0 Å². The maximum absolute atomic E-state index is 11.1. The summed E-state index contributed by atoms with van der Waals surface area (Å²) in [4.78, 5) is 0. The summed E-state index contributed by atoms with van der Waals surface area (Å²) >= 11 is 0. The quantitative estimate of drug-likeness (QED) is 0.440. The molecule has 12 heteroatoms. The molecule has 0 amide bonds. The lowest BCUT2D eigenvalue weighted by Crippen LogP contribution is -2.26. The fourth-order valence-corrected chi connectivity index (χ4v) is 3.03. The third-order valence-corrected chi connectivity index (χ3v) is 3.76. The van der Waals surface area contributed by atoms with Crippen LogP contribution >= 0.6 is 0 Å². The van der Waals surface area contributed by atoms with Crippen LogP contribution in [0.5, 0.6) is 5.75 Å². The van der Waals surface area contributed by atoms with Gasteiger partial charge in [0.15, 0.2) is 6.29 Å². The lowest BCUT2D eigenvalue weighted by atomic mass is 10.1. The zero-order chi connectivity index (χ0) is 17.9. The highest BCUT2D eigenvalue weighted by Gasteiger charge is 2.21. The van der Waals surface area contributed by atoms with Gasteiger partial charge in [-0.25, -0.2) is 8.37 Å². The van der Waals surface area contributed by atoms with Crippen LogP contribution in [0.15, 0.2) is 24.3 Å². The SMILES string of the molecule is CS(=O)(=O)Oc1ccc(CC(OS(C)(=O)=O)OS(C)(=O)=O)cc1. The van der Waals surface area contributed by atoms with E-state index >= 15 is 0 Å². The average molecular weight is 388 g/mol. The molecule has 0 N–H and O–H groups in total. The smallest absolute Gasteiger partial charge is 0.306 e. The lowest BCUT2D eigenvalue weighted by molar-refractivity contribution is 0.0199. The maximum atomic E-state index is 11.1. The van der Waals surface area contributed by atoms with Crippen LogP contribution in [0.1, 0.15) is 5.56 Å². The molecule has 0 saturated carbocycles. The standard InChI is InChI=1S/C11H16O9S3/c1-21(12,13)18-10-6-4-9(5-7-10)8-11(19-22(2,14)15)20-23(3,16)17/h4-7,11H,8H2,1-3H3. The van der Waals surface area contributed by atoms with Crippen LogP contribution in [0, 0.1) is 0 Å². The van der Waals surface area contributed by atoms with Crippen LogP contribution in [0.25, 0.3) is 0 Å². The van der Waals surface area contributed by atoms with Gasteiger partial charge in [-0.1, -0.05) is 12.1 Å². The largest absolute Gasteiger partial charge is 0.383 e. The second-order valence-electron chi connectivity index (χ2n) is 4.67. The van der Waals surface area contributed by atoms with Gasteiger partial charge in [0.2, 0.25) is 0 Å². The first-order valence-electron chi connectivity index (χ1n) is 5.98. The molecule has 0 aliphatic heterocycles. The molecule has 0 spiro atoms. The molecule has 0 aromatic heterocycles. The Morgan fingerprint density at radius 3 is 1.57 bits per heavy atom. The average Bonchev–Trinajstić information content (AvgIpc) is 2.25. The van der Waals surface area contributed by atoms with Crippen LogP contribution < -0.4 is 4.18 Å². The van der Waals surface area contributed by atoms with E-state index in [2.05, 4.69) is 12.5 Å². The van der Waals surface area contributed by atoms with E-state index in [4.69, 9.17) is 0 Å². The first-order valence-corrected chi connectivity index (χ1v) is 11.4. The van der Waals surface area contributed by atoms with Gasteiger partial charge in [-0.2, -0.15) is 25.3 Å². The summed E-state index contributed by atoms with van der Waals surface area (Å²) in [6.45, 7) is 0. The van der Waals surface area contributed by atoms with Crippen LogP contribution in [0.3, 0.4) is 0 Å². The van der Waals surface area contributed by atoms with E-state index in [0.717, 1.165) is 18.8 Å². The molecule has 0 fully saturated rings. The summed E-state index contributed by atoms with van der Waals surface area (Å²) < 4.78 is 80.3. The highest BCUT2D eigenvalue weighted by Crippen LogP contribution is 2.17. The minimum Gasteiger partial charge on any atom is -0.383 e. The summed E-state index contributed by atoms with van der Waals surface area (Å²) in [6.07, 6.45) is 0.640. The van der Waals surface area contributed by atoms with Crippen LogP contribution in [-0.4, -0.2) is 50.3 Å². The predicted octanol–water partition coefficient (Wildman–Crippen LogP) is -0.154. The van der Waals surface area contributed by atoms with Crippen molar-refractivity contribution < 1.29 is 37.8 Å². The summed E-state index contributed by atoms with van der Waals surface area (Å²) in [5, 5.41) is 0. The van der Waals surface area contributed by atoms with Gasteiger partial charge in [0.05, 0.1) is 18.8 Å². The predicted molar refractivity (Wildman–Crippen MR) is 81.3 cm³/mol. The molecule has 1 aromatic carbocycles. The van der Waals surface area contributed by atoms with Crippen molar-refractivity contribution in [3.63, 3.8) is 0 Å². The molecule has 1 aromatic rings. The Bertz CT molecular complexity index is 803. The van der Waals surface area contributed by atoms with Gasteiger partial charge in [0.1, 0.15) is 5.75 Å². The van der Waals surface area contributed by atoms with Gasteiger partial charge in [0, 0.05) is 6.42 Å². The van der Waals surface area contributed by atoms with Gasteiger partial charge in [-0.15, -0.1) is 0 Å². The molecular weight excluding hydrogens is 372 g/mol. The summed E-state index contributed by atoms with van der Waals surface area (Å²) in [5.41, 5.74) is 0.447. The van der Waals surface area contributed by atoms with E-state index in [-0.39, 0.29) is 12.2 Å². The Hall–Kier alpha value is -1.21. The third-order valence-electron chi connectivity index (χ3n) is 2.14. The molecule has 132 valence electrons. The zero-order valence-electron chi connectivity index (χ0n) is 12.5. The van der Waals surface area contributed by atoms with E-state index in [0.29, 0.717) is 5.56 Å². The monoisotopic (exact) mass is 388 g/mol. The summed E-state index contributed by atoms with van der Waals surface area (Å²) in [7, 11) is -11.6. The van der Waals surface area contributed by atoms with Gasteiger partial charge in [0.25, 0.3) is 20.2 Å². The summed E-state index contributed by atoms with van der Waals surface area (Å²) in [6, 6.07) is 5.50. The van der Waals surface area contributed by atoms with Crippen molar-refractivity contribution >= 4 is 30.4 Å². The second-order valence-corrected chi connectivity index (χ2v) is 9.44. The van der Waals surface area contributed by atoms with E-state index in [1.807, 2.05) is 0 Å². The fourth-order valence-electron chi connectivity index (χ4n) is 1.52. The maximum Gasteiger partial charge on any atom is 0.306 e. The Labute approximate surface area is 135 Å². The molecule has 0 saturated heterocycles. The van der Waals surface area contributed by atoms with Crippen molar-refractivity contribution in [2.75, 3.05) is 18.8 Å². The van der Waals surface area contributed by atoms with E-state index < -0.39 is 36.6 Å². The van der Waals surface area contributed by atoms with Crippen molar-refractivity contribution in [1.82, 2.24) is 0 Å². The van der Waals surface area contributed by atoms with Gasteiger partial charge in [-0.05, 0) is 17.7 Å². The number of hydrogen-bond acceptors (Lipinski definition) is 9. The molecule has 0 heterocycles. The van der Waals surface area contributed by atoms with Crippen molar-refractivity contribution in [2.24, 2.45) is 0 Å². The molecule has 0 aliphatic rings. The molecule has 0 atom stereocenters. The summed E-state index contributed by atoms with van der Waals surface area (Å²) in [5.74, 6) is 0.0564. The highest BCUT2D eigenvalue weighted by molar-refractivity contribution is 7.86. The molecule has 0 bridgehead atoms. The normalized spacial score (nSPS) is 13.2. The fraction of sp³-hybridized carbons (Fsp3) is 0.455. The lowest BCUT2D eigenvalue weighted by Gasteiger charge is -2.15. The second kappa shape index (κ2) is 7.13. The third kappa shape index (κ3) is 9.50. The molecule has 23 heavy (non-hydrogen) atoms.